The zero-order chi connectivity index (χ0) is 13.8. The summed E-state index contributed by atoms with van der Waals surface area (Å²) in [7, 11) is 0. The lowest BCUT2D eigenvalue weighted by atomic mass is 10.1. The predicted octanol–water partition coefficient (Wildman–Crippen LogP) is 3.47. The molecule has 1 atom stereocenters. The number of hydrogen-bond donors (Lipinski definition) is 1. The Hall–Kier alpha value is -1.65. The molecule has 0 aliphatic rings. The summed E-state index contributed by atoms with van der Waals surface area (Å²) in [6, 6.07) is 5.85. The fraction of sp³-hybridized carbons (Fsp3) is 0.214. The number of benzene rings is 1. The van der Waals surface area contributed by atoms with Crippen molar-refractivity contribution in [2.75, 3.05) is 0 Å². The van der Waals surface area contributed by atoms with Crippen LogP contribution in [0.4, 0.5) is 4.39 Å². The monoisotopic (exact) mass is 280 g/mol. The summed E-state index contributed by atoms with van der Waals surface area (Å²) in [6.07, 6.45) is 3.17. The Labute approximate surface area is 116 Å². The number of nitrogens with two attached hydrogens (primary N) is 1. The highest BCUT2D eigenvalue weighted by Gasteiger charge is 2.10. The molecule has 2 N–H and O–H groups in total. The van der Waals surface area contributed by atoms with Gasteiger partial charge in [0.1, 0.15) is 18.2 Å². The molecule has 0 aliphatic heterocycles. The van der Waals surface area contributed by atoms with E-state index in [-0.39, 0.29) is 18.5 Å². The number of halogens is 2. The third-order valence-corrected chi connectivity index (χ3v) is 3.05. The van der Waals surface area contributed by atoms with Crippen molar-refractivity contribution < 1.29 is 9.13 Å². The van der Waals surface area contributed by atoms with E-state index in [0.717, 1.165) is 11.1 Å². The molecule has 0 amide bonds. The maximum Gasteiger partial charge on any atom is 0.127 e. The fourth-order valence-electron chi connectivity index (χ4n) is 1.69. The second-order valence-corrected chi connectivity index (χ2v) is 4.63. The van der Waals surface area contributed by atoms with Gasteiger partial charge in [0, 0.05) is 35.6 Å². The minimum Gasteiger partial charge on any atom is -0.488 e. The van der Waals surface area contributed by atoms with Crippen molar-refractivity contribution in [1.29, 1.82) is 0 Å². The van der Waals surface area contributed by atoms with Crippen LogP contribution < -0.4 is 10.5 Å². The average molecular weight is 281 g/mol. The van der Waals surface area contributed by atoms with Gasteiger partial charge in [-0.15, -0.1) is 0 Å². The van der Waals surface area contributed by atoms with Gasteiger partial charge in [0.05, 0.1) is 5.02 Å². The molecule has 0 fully saturated rings. The van der Waals surface area contributed by atoms with E-state index >= 15 is 0 Å². The first-order chi connectivity index (χ1) is 9.08. The lowest BCUT2D eigenvalue weighted by molar-refractivity contribution is 0.300. The Bertz CT molecular complexity index is 575. The van der Waals surface area contributed by atoms with Crippen LogP contribution in [-0.4, -0.2) is 4.98 Å². The number of nitrogens with zero attached hydrogens (tertiary/aromatic N) is 1. The molecule has 0 bridgehead atoms. The molecule has 1 aromatic carbocycles. The maximum atomic E-state index is 13.3. The fourth-order valence-corrected chi connectivity index (χ4v) is 1.86. The second kappa shape index (κ2) is 5.99. The standard InChI is InChI=1S/C14H14ClFN2O/c1-9(17)12-3-2-11(16)6-14(12)19-8-10-4-5-18-7-13(10)15/h2-7,9H,8,17H2,1H3. The number of aromatic nitrogens is 1. The van der Waals surface area contributed by atoms with Gasteiger partial charge in [0.15, 0.2) is 0 Å². The van der Waals surface area contributed by atoms with Crippen molar-refractivity contribution in [3.05, 3.63) is 58.6 Å². The van der Waals surface area contributed by atoms with E-state index in [0.29, 0.717) is 10.8 Å². The van der Waals surface area contributed by atoms with Crippen molar-refractivity contribution in [3.8, 4) is 5.75 Å². The van der Waals surface area contributed by atoms with Gasteiger partial charge in [0.2, 0.25) is 0 Å². The highest BCUT2D eigenvalue weighted by atomic mass is 35.5. The molecule has 1 heterocycles. The summed E-state index contributed by atoms with van der Waals surface area (Å²) >= 11 is 5.98. The van der Waals surface area contributed by atoms with Crippen molar-refractivity contribution in [2.24, 2.45) is 5.73 Å². The third-order valence-electron chi connectivity index (χ3n) is 2.71. The highest BCUT2D eigenvalue weighted by molar-refractivity contribution is 6.31. The lowest BCUT2D eigenvalue weighted by Crippen LogP contribution is -2.08. The Morgan fingerprint density at radius 1 is 1.42 bits per heavy atom. The molecule has 0 aliphatic carbocycles. The van der Waals surface area contributed by atoms with E-state index in [1.807, 2.05) is 6.92 Å². The van der Waals surface area contributed by atoms with E-state index in [1.54, 1.807) is 18.3 Å². The van der Waals surface area contributed by atoms with Crippen molar-refractivity contribution >= 4 is 11.6 Å². The molecule has 0 spiro atoms. The van der Waals surface area contributed by atoms with E-state index < -0.39 is 0 Å². The smallest absolute Gasteiger partial charge is 0.127 e. The first kappa shape index (κ1) is 13.8. The minimum atomic E-state index is -0.361. The lowest BCUT2D eigenvalue weighted by Gasteiger charge is -2.14. The number of rotatable bonds is 4. The van der Waals surface area contributed by atoms with Gasteiger partial charge in [-0.25, -0.2) is 4.39 Å². The largest absolute Gasteiger partial charge is 0.488 e. The van der Waals surface area contributed by atoms with E-state index in [4.69, 9.17) is 22.1 Å². The van der Waals surface area contributed by atoms with Gasteiger partial charge >= 0.3 is 0 Å². The molecular formula is C14H14ClFN2O. The predicted molar refractivity (Wildman–Crippen MR) is 72.6 cm³/mol. The van der Waals surface area contributed by atoms with Crippen LogP contribution in [-0.2, 0) is 6.61 Å². The first-order valence-corrected chi connectivity index (χ1v) is 6.22. The van der Waals surface area contributed by atoms with Crippen LogP contribution in [0.15, 0.2) is 36.7 Å². The maximum absolute atomic E-state index is 13.3. The minimum absolute atomic E-state index is 0.233. The molecule has 0 saturated carbocycles. The van der Waals surface area contributed by atoms with Crippen molar-refractivity contribution in [2.45, 2.75) is 19.6 Å². The van der Waals surface area contributed by atoms with Crippen LogP contribution in [0.3, 0.4) is 0 Å². The first-order valence-electron chi connectivity index (χ1n) is 5.84. The summed E-state index contributed by atoms with van der Waals surface area (Å²) in [6.45, 7) is 2.06. The van der Waals surface area contributed by atoms with E-state index in [2.05, 4.69) is 4.98 Å². The zero-order valence-electron chi connectivity index (χ0n) is 10.4. The summed E-state index contributed by atoms with van der Waals surface area (Å²) < 4.78 is 18.9. The normalized spacial score (nSPS) is 12.2. The van der Waals surface area contributed by atoms with Gasteiger partial charge in [-0.2, -0.15) is 0 Å². The van der Waals surface area contributed by atoms with Crippen LogP contribution in [0.25, 0.3) is 0 Å². The third kappa shape index (κ3) is 3.43. The van der Waals surface area contributed by atoms with Gasteiger partial charge in [0.25, 0.3) is 0 Å². The number of ether oxygens (including phenoxy) is 1. The molecular weight excluding hydrogens is 267 g/mol. The molecule has 2 aromatic rings. The summed E-state index contributed by atoms with van der Waals surface area (Å²) in [5.74, 6) is 0.0723. The van der Waals surface area contributed by atoms with Crippen LogP contribution in [0.2, 0.25) is 5.02 Å². The molecule has 1 unspecified atom stereocenters. The molecule has 19 heavy (non-hydrogen) atoms. The van der Waals surface area contributed by atoms with Crippen LogP contribution in [0.5, 0.6) is 5.75 Å². The Kier molecular flexibility index (Phi) is 4.35. The van der Waals surface area contributed by atoms with Gasteiger partial charge in [-0.05, 0) is 19.1 Å². The SMILES string of the molecule is CC(N)c1ccc(F)cc1OCc1ccncc1Cl. The van der Waals surface area contributed by atoms with Gasteiger partial charge < -0.3 is 10.5 Å². The Balaban J connectivity index is 2.19. The molecule has 3 nitrogen and oxygen atoms in total. The number of pyridine rings is 1. The van der Waals surface area contributed by atoms with E-state index in [1.165, 1.54) is 18.3 Å². The van der Waals surface area contributed by atoms with Crippen LogP contribution >= 0.6 is 11.6 Å². The van der Waals surface area contributed by atoms with E-state index in [9.17, 15) is 4.39 Å². The highest BCUT2D eigenvalue weighted by Crippen LogP contribution is 2.26. The molecule has 2 rings (SSSR count). The Morgan fingerprint density at radius 3 is 2.89 bits per heavy atom. The Morgan fingerprint density at radius 2 is 2.21 bits per heavy atom. The summed E-state index contributed by atoms with van der Waals surface area (Å²) in [5, 5.41) is 0.515. The van der Waals surface area contributed by atoms with Crippen molar-refractivity contribution in [1.82, 2.24) is 4.98 Å². The molecule has 5 heteroatoms. The second-order valence-electron chi connectivity index (χ2n) is 4.23. The van der Waals surface area contributed by atoms with Crippen molar-refractivity contribution in [3.63, 3.8) is 0 Å². The molecule has 0 radical (unpaired) electrons. The van der Waals surface area contributed by atoms with Gasteiger partial charge in [-0.3, -0.25) is 4.98 Å². The molecule has 100 valence electrons. The molecule has 1 aromatic heterocycles. The summed E-state index contributed by atoms with van der Waals surface area (Å²) in [5.41, 5.74) is 7.37. The van der Waals surface area contributed by atoms with Crippen LogP contribution in [0, 0.1) is 5.82 Å². The molecule has 0 saturated heterocycles. The quantitative estimate of drug-likeness (QED) is 0.933. The zero-order valence-corrected chi connectivity index (χ0v) is 11.2. The van der Waals surface area contributed by atoms with Gasteiger partial charge in [-0.1, -0.05) is 17.7 Å². The number of hydrogen-bond acceptors (Lipinski definition) is 3. The topological polar surface area (TPSA) is 48.1 Å². The summed E-state index contributed by atoms with van der Waals surface area (Å²) in [4.78, 5) is 3.89. The van der Waals surface area contributed by atoms with Crippen LogP contribution in [0.1, 0.15) is 24.1 Å². The average Bonchev–Trinajstić information content (AvgIpc) is 2.37.